The van der Waals surface area contributed by atoms with Crippen molar-refractivity contribution in [1.29, 1.82) is 0 Å². The van der Waals surface area contributed by atoms with Crippen molar-refractivity contribution >= 4 is 51.5 Å². The summed E-state index contributed by atoms with van der Waals surface area (Å²) in [7, 11) is 0. The molecule has 13 heteroatoms. The largest absolute Gasteiger partial charge is 0.450 e. The molecule has 0 saturated carbocycles. The monoisotopic (exact) mass is 588 g/mol. The van der Waals surface area contributed by atoms with Gasteiger partial charge in [-0.05, 0) is 45.0 Å². The van der Waals surface area contributed by atoms with E-state index < -0.39 is 0 Å². The standard InChI is InChI=1S/C26H26Cl2N6O4S/c1-4-38-26(37)32-9-7-31(8-10-32)22(35)13-18-14-39-25-29-16(3)23(24(36)33(18)25)21-11-15(2)34(30-21)17-5-6-19(27)20(28)12-17/h5-6,11-12,14H,4,7-10,13H2,1-3H3. The summed E-state index contributed by atoms with van der Waals surface area (Å²) in [5, 5.41) is 7.31. The second-order valence-electron chi connectivity index (χ2n) is 9.15. The molecule has 0 bridgehead atoms. The molecule has 2 amide bonds. The normalized spacial score (nSPS) is 13.8. The van der Waals surface area contributed by atoms with Crippen molar-refractivity contribution in [3.8, 4) is 16.9 Å². The van der Waals surface area contributed by atoms with Crippen molar-refractivity contribution in [3.05, 3.63) is 67.1 Å². The lowest BCUT2D eigenvalue weighted by Crippen LogP contribution is -2.51. The number of ether oxygens (including phenoxy) is 1. The van der Waals surface area contributed by atoms with Gasteiger partial charge in [0.1, 0.15) is 5.69 Å². The Kier molecular flexibility index (Phi) is 7.66. The van der Waals surface area contributed by atoms with Crippen LogP contribution in [-0.2, 0) is 16.0 Å². The van der Waals surface area contributed by atoms with Crippen molar-refractivity contribution in [3.63, 3.8) is 0 Å². The minimum atomic E-state index is -0.370. The van der Waals surface area contributed by atoms with Gasteiger partial charge in [0.25, 0.3) is 5.56 Å². The summed E-state index contributed by atoms with van der Waals surface area (Å²) in [6, 6.07) is 7.03. The number of aromatic nitrogens is 4. The van der Waals surface area contributed by atoms with Crippen molar-refractivity contribution in [2.75, 3.05) is 32.8 Å². The predicted octanol–water partition coefficient (Wildman–Crippen LogP) is 4.38. The number of carbonyl (C=O) groups is 2. The Morgan fingerprint density at radius 1 is 1.05 bits per heavy atom. The third kappa shape index (κ3) is 5.26. The first kappa shape index (κ1) is 27.2. The van der Waals surface area contributed by atoms with Crippen LogP contribution >= 0.6 is 34.5 Å². The molecule has 0 spiro atoms. The zero-order valence-electron chi connectivity index (χ0n) is 21.6. The van der Waals surface area contributed by atoms with Gasteiger partial charge in [-0.15, -0.1) is 11.3 Å². The van der Waals surface area contributed by atoms with Crippen LogP contribution in [0, 0.1) is 13.8 Å². The molecule has 0 radical (unpaired) electrons. The molecule has 3 aromatic heterocycles. The fourth-order valence-corrected chi connectivity index (χ4v) is 5.84. The number of amides is 2. The van der Waals surface area contributed by atoms with Gasteiger partial charge in [0.05, 0.1) is 40.0 Å². The zero-order chi connectivity index (χ0) is 27.8. The molecule has 1 fully saturated rings. The maximum Gasteiger partial charge on any atom is 0.409 e. The smallest absolute Gasteiger partial charge is 0.409 e. The summed E-state index contributed by atoms with van der Waals surface area (Å²) >= 11 is 13.6. The van der Waals surface area contributed by atoms with Gasteiger partial charge in [0.15, 0.2) is 4.96 Å². The molecular weight excluding hydrogens is 563 g/mol. The van der Waals surface area contributed by atoms with Crippen LogP contribution in [0.3, 0.4) is 0 Å². The Bertz CT molecular complexity index is 1640. The van der Waals surface area contributed by atoms with Crippen molar-refractivity contribution in [2.24, 2.45) is 0 Å². The van der Waals surface area contributed by atoms with E-state index in [1.165, 1.54) is 15.7 Å². The molecule has 1 saturated heterocycles. The summed E-state index contributed by atoms with van der Waals surface area (Å²) in [5.74, 6) is -0.119. The molecule has 0 N–H and O–H groups in total. The lowest BCUT2D eigenvalue weighted by molar-refractivity contribution is -0.132. The topological polar surface area (TPSA) is 102 Å². The zero-order valence-corrected chi connectivity index (χ0v) is 23.9. The molecule has 204 valence electrons. The van der Waals surface area contributed by atoms with Crippen molar-refractivity contribution < 1.29 is 14.3 Å². The average molecular weight is 590 g/mol. The summed E-state index contributed by atoms with van der Waals surface area (Å²) in [4.78, 5) is 47.3. The molecule has 39 heavy (non-hydrogen) atoms. The Labute approximate surface area is 238 Å². The van der Waals surface area contributed by atoms with Crippen molar-refractivity contribution in [2.45, 2.75) is 27.2 Å². The maximum absolute atomic E-state index is 13.8. The maximum atomic E-state index is 13.8. The first-order chi connectivity index (χ1) is 18.7. The molecule has 4 heterocycles. The highest BCUT2D eigenvalue weighted by Crippen LogP contribution is 2.27. The van der Waals surface area contributed by atoms with Crippen LogP contribution in [0.25, 0.3) is 21.9 Å². The predicted molar refractivity (Wildman–Crippen MR) is 150 cm³/mol. The Morgan fingerprint density at radius 3 is 2.46 bits per heavy atom. The summed E-state index contributed by atoms with van der Waals surface area (Å²) in [5.41, 5.74) is 3.18. The number of carbonyl (C=O) groups excluding carboxylic acids is 2. The molecule has 10 nitrogen and oxygen atoms in total. The van der Waals surface area contributed by atoms with Crippen LogP contribution in [0.1, 0.15) is 24.0 Å². The van der Waals surface area contributed by atoms with Gasteiger partial charge < -0.3 is 14.5 Å². The highest BCUT2D eigenvalue weighted by atomic mass is 35.5. The van der Waals surface area contributed by atoms with Gasteiger partial charge >= 0.3 is 6.09 Å². The third-order valence-corrected chi connectivity index (χ3v) is 8.22. The molecule has 1 aromatic carbocycles. The van der Waals surface area contributed by atoms with Crippen LogP contribution in [0.2, 0.25) is 10.0 Å². The SMILES string of the molecule is CCOC(=O)N1CCN(C(=O)Cc2csc3nc(C)c(-c4cc(C)n(-c5ccc(Cl)c(Cl)c5)n4)c(=O)n23)CC1. The van der Waals surface area contributed by atoms with E-state index in [0.29, 0.717) is 76.1 Å². The summed E-state index contributed by atoms with van der Waals surface area (Å²) < 4.78 is 8.23. The molecule has 4 aromatic rings. The first-order valence-corrected chi connectivity index (χ1v) is 14.0. The van der Waals surface area contributed by atoms with E-state index in [4.69, 9.17) is 27.9 Å². The number of piperazine rings is 1. The molecule has 0 aliphatic carbocycles. The van der Waals surface area contributed by atoms with Gasteiger partial charge in [-0.3, -0.25) is 14.0 Å². The van der Waals surface area contributed by atoms with Gasteiger partial charge in [0.2, 0.25) is 5.91 Å². The molecule has 0 unspecified atom stereocenters. The highest BCUT2D eigenvalue weighted by molar-refractivity contribution is 7.15. The molecule has 5 rings (SSSR count). The number of thiazole rings is 1. The van der Waals surface area contributed by atoms with Crippen LogP contribution in [0.5, 0.6) is 0 Å². The number of aryl methyl sites for hydroxylation is 2. The number of benzene rings is 1. The second-order valence-corrected chi connectivity index (χ2v) is 10.8. The van der Waals surface area contributed by atoms with E-state index in [1.807, 2.05) is 13.0 Å². The number of rotatable bonds is 5. The molecular formula is C26H26Cl2N6O4S. The van der Waals surface area contributed by atoms with E-state index in [9.17, 15) is 14.4 Å². The quantitative estimate of drug-likeness (QED) is 0.343. The number of fused-ring (bicyclic) bond motifs is 1. The fourth-order valence-electron chi connectivity index (χ4n) is 4.62. The first-order valence-electron chi connectivity index (χ1n) is 12.4. The van der Waals surface area contributed by atoms with Crippen LogP contribution in [0.4, 0.5) is 4.79 Å². The van der Waals surface area contributed by atoms with Gasteiger partial charge in [-0.2, -0.15) is 5.10 Å². The van der Waals surface area contributed by atoms with E-state index in [-0.39, 0.29) is 24.0 Å². The lowest BCUT2D eigenvalue weighted by Gasteiger charge is -2.34. The lowest BCUT2D eigenvalue weighted by atomic mass is 10.1. The highest BCUT2D eigenvalue weighted by Gasteiger charge is 2.26. The Hall–Kier alpha value is -3.41. The van der Waals surface area contributed by atoms with Crippen LogP contribution in [-0.4, -0.2) is 73.8 Å². The fraction of sp³-hybridized carbons (Fsp3) is 0.346. The minimum absolute atomic E-state index is 0.0419. The minimum Gasteiger partial charge on any atom is -0.450 e. The molecule has 0 atom stereocenters. The Morgan fingerprint density at radius 2 is 1.77 bits per heavy atom. The van der Waals surface area contributed by atoms with Crippen LogP contribution in [0.15, 0.2) is 34.4 Å². The molecule has 1 aliphatic heterocycles. The van der Waals surface area contributed by atoms with E-state index >= 15 is 0 Å². The second kappa shape index (κ2) is 11.0. The Balaban J connectivity index is 1.42. The molecule has 1 aliphatic rings. The summed E-state index contributed by atoms with van der Waals surface area (Å²) in [6.45, 7) is 7.34. The van der Waals surface area contributed by atoms with Gasteiger partial charge in [-0.1, -0.05) is 23.2 Å². The summed E-state index contributed by atoms with van der Waals surface area (Å²) in [6.07, 6.45) is -0.328. The third-order valence-electron chi connectivity index (χ3n) is 6.60. The van der Waals surface area contributed by atoms with Gasteiger partial charge in [-0.25, -0.2) is 14.5 Å². The number of hydrogen-bond donors (Lipinski definition) is 0. The van der Waals surface area contributed by atoms with Gasteiger partial charge in [0, 0.05) is 42.9 Å². The van der Waals surface area contributed by atoms with Crippen LogP contribution < -0.4 is 5.56 Å². The number of nitrogens with zero attached hydrogens (tertiary/aromatic N) is 6. The average Bonchev–Trinajstić information content (AvgIpc) is 3.49. The van der Waals surface area contributed by atoms with E-state index in [1.54, 1.807) is 51.9 Å². The number of hydrogen-bond acceptors (Lipinski definition) is 7. The van der Waals surface area contributed by atoms with E-state index in [0.717, 1.165) is 5.69 Å². The number of halogens is 2. The van der Waals surface area contributed by atoms with Crippen molar-refractivity contribution in [1.82, 2.24) is 29.0 Å². The van der Waals surface area contributed by atoms with E-state index in [2.05, 4.69) is 10.1 Å².